The van der Waals surface area contributed by atoms with Crippen molar-refractivity contribution in [2.75, 3.05) is 52.9 Å². The minimum absolute atomic E-state index is 0.812. The molecule has 0 saturated carbocycles. The van der Waals surface area contributed by atoms with Crippen LogP contribution in [0.25, 0.3) is 0 Å². The molecule has 0 aliphatic carbocycles. The Kier molecular flexibility index (Phi) is 3.97. The molecular formula is C11H23N3O. The Hall–Kier alpha value is -0.160. The lowest BCUT2D eigenvalue weighted by Crippen LogP contribution is -2.47. The first-order valence-corrected chi connectivity index (χ1v) is 6.09. The SMILES string of the molecule is CN1CCC(CN2CCN(O)CC2)CC1. The largest absolute Gasteiger partial charge is 0.314 e. The second-order valence-corrected chi connectivity index (χ2v) is 5.00. The molecule has 0 radical (unpaired) electrons. The summed E-state index contributed by atoms with van der Waals surface area (Å²) in [7, 11) is 2.21. The molecule has 4 nitrogen and oxygen atoms in total. The van der Waals surface area contributed by atoms with E-state index in [0.29, 0.717) is 0 Å². The summed E-state index contributed by atoms with van der Waals surface area (Å²) in [6.45, 7) is 7.43. The molecule has 2 heterocycles. The van der Waals surface area contributed by atoms with E-state index in [9.17, 15) is 5.21 Å². The van der Waals surface area contributed by atoms with Crippen LogP contribution in [0.5, 0.6) is 0 Å². The van der Waals surface area contributed by atoms with Crippen molar-refractivity contribution < 1.29 is 5.21 Å². The zero-order chi connectivity index (χ0) is 10.7. The first kappa shape index (κ1) is 11.3. The Bertz CT molecular complexity index is 164. The molecule has 88 valence electrons. The van der Waals surface area contributed by atoms with Gasteiger partial charge in [-0.3, -0.25) is 0 Å². The normalized spacial score (nSPS) is 28.4. The zero-order valence-corrected chi connectivity index (χ0v) is 9.73. The average molecular weight is 213 g/mol. The monoisotopic (exact) mass is 213 g/mol. The highest BCUT2D eigenvalue weighted by Crippen LogP contribution is 2.17. The van der Waals surface area contributed by atoms with Crippen molar-refractivity contribution in [1.29, 1.82) is 0 Å². The molecule has 0 bridgehead atoms. The average Bonchev–Trinajstić information content (AvgIpc) is 2.25. The highest BCUT2D eigenvalue weighted by molar-refractivity contribution is 4.75. The molecule has 4 heteroatoms. The van der Waals surface area contributed by atoms with Gasteiger partial charge in [0, 0.05) is 32.7 Å². The number of rotatable bonds is 2. The summed E-state index contributed by atoms with van der Waals surface area (Å²) in [4.78, 5) is 4.92. The number of piperazine rings is 1. The fourth-order valence-corrected chi connectivity index (χ4v) is 2.53. The van der Waals surface area contributed by atoms with Crippen LogP contribution in [-0.2, 0) is 0 Å². The van der Waals surface area contributed by atoms with Crippen LogP contribution in [0, 0.1) is 5.92 Å². The Morgan fingerprint density at radius 1 is 1.00 bits per heavy atom. The van der Waals surface area contributed by atoms with Gasteiger partial charge in [-0.2, -0.15) is 5.06 Å². The third kappa shape index (κ3) is 3.41. The molecule has 0 spiro atoms. The number of hydrogen-bond donors (Lipinski definition) is 1. The van der Waals surface area contributed by atoms with E-state index in [-0.39, 0.29) is 0 Å². The van der Waals surface area contributed by atoms with Crippen LogP contribution in [0.2, 0.25) is 0 Å². The molecule has 0 aromatic heterocycles. The molecular weight excluding hydrogens is 190 g/mol. The maximum Gasteiger partial charge on any atom is 0.0366 e. The molecule has 2 fully saturated rings. The van der Waals surface area contributed by atoms with Gasteiger partial charge in [0.05, 0.1) is 0 Å². The van der Waals surface area contributed by atoms with Crippen molar-refractivity contribution >= 4 is 0 Å². The lowest BCUT2D eigenvalue weighted by Gasteiger charge is -2.36. The van der Waals surface area contributed by atoms with E-state index < -0.39 is 0 Å². The molecule has 15 heavy (non-hydrogen) atoms. The predicted octanol–water partition coefficient (Wildman–Crippen LogP) is 0.335. The number of piperidine rings is 1. The van der Waals surface area contributed by atoms with Gasteiger partial charge in [-0.05, 0) is 38.9 Å². The Balaban J connectivity index is 1.68. The first-order chi connectivity index (χ1) is 7.24. The Morgan fingerprint density at radius 3 is 2.20 bits per heavy atom. The number of likely N-dealkylation sites (tertiary alicyclic amines) is 1. The maximum absolute atomic E-state index is 9.27. The summed E-state index contributed by atoms with van der Waals surface area (Å²) in [5.74, 6) is 0.881. The Labute approximate surface area is 92.4 Å². The molecule has 0 aromatic carbocycles. The fraction of sp³-hybridized carbons (Fsp3) is 1.00. The van der Waals surface area contributed by atoms with Crippen molar-refractivity contribution in [1.82, 2.24) is 14.9 Å². The molecule has 2 saturated heterocycles. The summed E-state index contributed by atoms with van der Waals surface area (Å²) in [6.07, 6.45) is 2.69. The topological polar surface area (TPSA) is 30.0 Å². The van der Waals surface area contributed by atoms with Crippen molar-refractivity contribution in [3.8, 4) is 0 Å². The van der Waals surface area contributed by atoms with Gasteiger partial charge in [0.15, 0.2) is 0 Å². The van der Waals surface area contributed by atoms with E-state index in [4.69, 9.17) is 0 Å². The summed E-state index contributed by atoms with van der Waals surface area (Å²) in [5.41, 5.74) is 0. The first-order valence-electron chi connectivity index (χ1n) is 6.09. The van der Waals surface area contributed by atoms with Crippen LogP contribution in [-0.4, -0.2) is 72.9 Å². The molecule has 2 rings (SSSR count). The maximum atomic E-state index is 9.27. The minimum atomic E-state index is 0.812. The van der Waals surface area contributed by atoms with Gasteiger partial charge in [0.1, 0.15) is 0 Å². The van der Waals surface area contributed by atoms with Gasteiger partial charge in [-0.25, -0.2) is 0 Å². The third-order valence-corrected chi connectivity index (χ3v) is 3.70. The van der Waals surface area contributed by atoms with Crippen LogP contribution < -0.4 is 0 Å². The Morgan fingerprint density at radius 2 is 1.60 bits per heavy atom. The fourth-order valence-electron chi connectivity index (χ4n) is 2.53. The van der Waals surface area contributed by atoms with Crippen LogP contribution in [0.15, 0.2) is 0 Å². The van der Waals surface area contributed by atoms with Crippen LogP contribution in [0.3, 0.4) is 0 Å². The molecule has 2 aliphatic rings. The van der Waals surface area contributed by atoms with E-state index >= 15 is 0 Å². The van der Waals surface area contributed by atoms with Crippen LogP contribution in [0.4, 0.5) is 0 Å². The number of hydroxylamine groups is 2. The molecule has 1 N–H and O–H groups in total. The van der Waals surface area contributed by atoms with Gasteiger partial charge < -0.3 is 15.0 Å². The third-order valence-electron chi connectivity index (χ3n) is 3.70. The number of nitrogens with zero attached hydrogens (tertiary/aromatic N) is 3. The molecule has 2 aliphatic heterocycles. The van der Waals surface area contributed by atoms with Gasteiger partial charge in [-0.15, -0.1) is 0 Å². The minimum Gasteiger partial charge on any atom is -0.314 e. The summed E-state index contributed by atoms with van der Waals surface area (Å²) in [5, 5.41) is 10.7. The highest BCUT2D eigenvalue weighted by atomic mass is 16.5. The highest BCUT2D eigenvalue weighted by Gasteiger charge is 2.21. The summed E-state index contributed by atoms with van der Waals surface area (Å²) >= 11 is 0. The zero-order valence-electron chi connectivity index (χ0n) is 9.73. The van der Waals surface area contributed by atoms with Gasteiger partial charge in [0.25, 0.3) is 0 Å². The van der Waals surface area contributed by atoms with Crippen LogP contribution >= 0.6 is 0 Å². The lowest BCUT2D eigenvalue weighted by atomic mass is 9.96. The van der Waals surface area contributed by atoms with E-state index in [0.717, 1.165) is 32.1 Å². The molecule has 0 unspecified atom stereocenters. The van der Waals surface area contributed by atoms with Crippen molar-refractivity contribution in [3.05, 3.63) is 0 Å². The summed E-state index contributed by atoms with van der Waals surface area (Å²) in [6, 6.07) is 0. The molecule has 0 atom stereocenters. The lowest BCUT2D eigenvalue weighted by molar-refractivity contribution is -0.119. The van der Waals surface area contributed by atoms with E-state index in [1.54, 1.807) is 0 Å². The second kappa shape index (κ2) is 5.25. The molecule has 0 amide bonds. The molecule has 0 aromatic rings. The van der Waals surface area contributed by atoms with E-state index in [1.807, 2.05) is 0 Å². The van der Waals surface area contributed by atoms with E-state index in [2.05, 4.69) is 16.8 Å². The van der Waals surface area contributed by atoms with E-state index in [1.165, 1.54) is 37.5 Å². The van der Waals surface area contributed by atoms with Gasteiger partial charge in [-0.1, -0.05) is 0 Å². The van der Waals surface area contributed by atoms with Crippen molar-refractivity contribution in [2.45, 2.75) is 12.8 Å². The summed E-state index contributed by atoms with van der Waals surface area (Å²) < 4.78 is 0. The second-order valence-electron chi connectivity index (χ2n) is 5.00. The van der Waals surface area contributed by atoms with Crippen molar-refractivity contribution in [2.24, 2.45) is 5.92 Å². The van der Waals surface area contributed by atoms with Crippen molar-refractivity contribution in [3.63, 3.8) is 0 Å². The number of hydrogen-bond acceptors (Lipinski definition) is 4. The smallest absolute Gasteiger partial charge is 0.0366 e. The van der Waals surface area contributed by atoms with Gasteiger partial charge >= 0.3 is 0 Å². The standard InChI is InChI=1S/C11H23N3O/c1-12-4-2-11(3-5-12)10-13-6-8-14(15)9-7-13/h11,15H,2-10H2,1H3. The predicted molar refractivity (Wildman–Crippen MR) is 60.0 cm³/mol. The quantitative estimate of drug-likeness (QED) is 0.716. The van der Waals surface area contributed by atoms with Gasteiger partial charge in [0.2, 0.25) is 0 Å². The van der Waals surface area contributed by atoms with Crippen LogP contribution in [0.1, 0.15) is 12.8 Å².